The van der Waals surface area contributed by atoms with Crippen molar-refractivity contribution in [2.24, 2.45) is 41.1 Å². The number of aliphatic hydroxyl groups excluding tert-OH is 3. The van der Waals surface area contributed by atoms with Gasteiger partial charge in [0.2, 0.25) is 0 Å². The van der Waals surface area contributed by atoms with Gasteiger partial charge in [-0.05, 0) is 196 Å². The zero-order chi connectivity index (χ0) is 67.3. The summed E-state index contributed by atoms with van der Waals surface area (Å²) < 4.78 is 51.9. The Bertz CT molecular complexity index is 2990. The highest BCUT2D eigenvalue weighted by Gasteiger charge is 2.46. The van der Waals surface area contributed by atoms with Crippen LogP contribution in [0.15, 0.2) is 72.8 Å². The number of benzene rings is 4. The number of rotatable bonds is 17. The summed E-state index contributed by atoms with van der Waals surface area (Å²) in [7, 11) is -2.01. The van der Waals surface area contributed by atoms with E-state index in [1.54, 1.807) is 0 Å². The van der Waals surface area contributed by atoms with Gasteiger partial charge < -0.3 is 69.1 Å². The van der Waals surface area contributed by atoms with Gasteiger partial charge in [-0.25, -0.2) is 0 Å². The molecule has 18 heteroatoms. The van der Waals surface area contributed by atoms with Crippen LogP contribution in [-0.2, 0) is 4.43 Å². The number of nitrogens with two attached hydrogens (primary N) is 2. The van der Waals surface area contributed by atoms with Gasteiger partial charge in [-0.3, -0.25) is 14.7 Å². The molecule has 0 radical (unpaired) electrons. The van der Waals surface area contributed by atoms with E-state index in [4.69, 9.17) is 53.8 Å². The lowest BCUT2D eigenvalue weighted by Gasteiger charge is -2.44. The third-order valence-corrected chi connectivity index (χ3v) is 27.5. The first-order valence-corrected chi connectivity index (χ1v) is 39.5. The molecule has 10 aliphatic heterocycles. The van der Waals surface area contributed by atoms with Crippen LogP contribution in [0.5, 0.6) is 46.0 Å². The molecule has 0 spiro atoms. The molecule has 17 nitrogen and oxygen atoms in total. The smallest absolute Gasteiger partial charge is 0.192 e. The Balaban J connectivity index is 0.000000142. The Kier molecular flexibility index (Phi) is 25.1. The maximum Gasteiger partial charge on any atom is 0.192 e. The highest BCUT2D eigenvalue weighted by Crippen LogP contribution is 2.46. The number of piperidine rings is 3. The fourth-order valence-corrected chi connectivity index (χ4v) is 17.9. The third-order valence-electron chi connectivity index (χ3n) is 23.1. The van der Waals surface area contributed by atoms with Crippen molar-refractivity contribution in [3.63, 3.8) is 0 Å². The fourth-order valence-electron chi connectivity index (χ4n) is 16.6. The first kappa shape index (κ1) is 73.8. The van der Waals surface area contributed by atoms with E-state index in [9.17, 15) is 15.3 Å². The molecule has 14 atom stereocenters. The molecule has 534 valence electrons. The van der Waals surface area contributed by atoms with Crippen molar-refractivity contribution < 1.29 is 57.6 Å². The zero-order valence-electron chi connectivity index (χ0n) is 59.2. The van der Waals surface area contributed by atoms with Gasteiger partial charge in [0.05, 0.1) is 24.4 Å². The molecule has 10 heterocycles. The summed E-state index contributed by atoms with van der Waals surface area (Å²) in [5.74, 6) is 9.11. The Labute approximate surface area is 576 Å². The summed E-state index contributed by atoms with van der Waals surface area (Å²) in [6, 6.07) is 27.1. The third kappa shape index (κ3) is 17.6. The van der Waals surface area contributed by atoms with Gasteiger partial charge in [0, 0.05) is 68.0 Å². The Morgan fingerprint density at radius 2 is 0.719 bits per heavy atom. The standard InChI is InChI=1S/C25H42N2O3Si.C20H29NO3.C19H28N2O3.C13H18O3.CH4/c1-17-13-19-8-9-20(14-17)27(19)16-21(26)24(30-31(5,6)25(2,3)4)18-7-10-22-23(15-18)29-12-11-28-22;1-13-9-16-4-5-17(10-13)21(16)12-14(2)20(22)15-3-6-18-19(11-15)24-8-7-23-18;1-12-8-14-3-4-15(9-12)21(14)11-16(20)19(22)13-2-5-17-18(10-13)24-7-6-23-17;1-3-9(2)13(14)10-4-5-11-12(8-10)16-7-6-15-11;/h7,10,15,17,19-21,24H,8-9,11-14,16,26H2,1-6H3;3,6,11,13-14,16-17,20,22H,4-5,7-10,12H2,1-2H3;2,5,10,12,14-16,19,22H,3-4,6-9,11,20H2,1H3;4-5,8-9,13-14H,3,6-7H2,1-2H3;1H4/t17?,19?,20?,21-,24-;13?,14-,16?,17?,20+;12?,14?,15?,16-,19-;9-,13+;/m1111./s1. The van der Waals surface area contributed by atoms with Crippen LogP contribution < -0.4 is 49.4 Å². The SMILES string of the molecule is C.CC1CC2CCC(C1)N2C[C@@H](C)[C@H](O)c1ccc2c(c1)OCCO2.CC1CC2CCC(C1)N2C[C@@H](N)[C@H](O)c1ccc2c(c1)OCCO2.CC1CC2CCC(C1)N2C[C@@H](N)[C@H](O[Si](C)(C)C(C)(C)C)c1ccc2c(c1)OCCO2.CC[C@@H](C)[C@H](O)c1ccc2c(c1)OCCO2. The lowest BCUT2D eigenvalue weighted by molar-refractivity contribution is 0.0448. The Morgan fingerprint density at radius 3 is 1.05 bits per heavy atom. The van der Waals surface area contributed by atoms with Crippen LogP contribution in [0.2, 0.25) is 18.1 Å². The van der Waals surface area contributed by atoms with Crippen LogP contribution in [0.3, 0.4) is 0 Å². The van der Waals surface area contributed by atoms with E-state index >= 15 is 0 Å². The highest BCUT2D eigenvalue weighted by molar-refractivity contribution is 6.74. The van der Waals surface area contributed by atoms with Gasteiger partial charge in [0.15, 0.2) is 54.3 Å². The highest BCUT2D eigenvalue weighted by atomic mass is 28.4. The maximum atomic E-state index is 10.8. The quantitative estimate of drug-likeness (QED) is 0.0623. The van der Waals surface area contributed by atoms with Crippen LogP contribution in [0, 0.1) is 29.6 Å². The van der Waals surface area contributed by atoms with E-state index in [0.29, 0.717) is 82.8 Å². The summed E-state index contributed by atoms with van der Waals surface area (Å²) in [5, 5.41) is 31.8. The van der Waals surface area contributed by atoms with E-state index in [0.717, 1.165) is 118 Å². The molecule has 7 N–H and O–H groups in total. The summed E-state index contributed by atoms with van der Waals surface area (Å²) in [5.41, 5.74) is 17.1. The molecule has 6 saturated heterocycles. The zero-order valence-corrected chi connectivity index (χ0v) is 60.2. The Morgan fingerprint density at radius 1 is 0.438 bits per heavy atom. The number of nitrogens with zero attached hydrogens (tertiary/aromatic N) is 3. The molecule has 0 aromatic heterocycles. The number of fused-ring (bicyclic) bond motifs is 10. The minimum Gasteiger partial charge on any atom is -0.486 e. The topological polar surface area (TPSA) is 206 Å². The molecule has 96 heavy (non-hydrogen) atoms. The van der Waals surface area contributed by atoms with Crippen LogP contribution >= 0.6 is 0 Å². The van der Waals surface area contributed by atoms with Crippen LogP contribution in [0.4, 0.5) is 0 Å². The second-order valence-electron chi connectivity index (χ2n) is 31.4. The maximum absolute atomic E-state index is 10.8. The van der Waals surface area contributed by atoms with E-state index in [2.05, 4.69) is 95.3 Å². The lowest BCUT2D eigenvalue weighted by Crippen LogP contribution is -2.52. The molecule has 6 unspecified atom stereocenters. The predicted molar refractivity (Wildman–Crippen MR) is 383 cm³/mol. The second-order valence-corrected chi connectivity index (χ2v) is 36.2. The number of aliphatic hydroxyl groups is 3. The molecule has 4 aromatic carbocycles. The summed E-state index contributed by atoms with van der Waals surface area (Å²) in [6.07, 6.45) is 14.9. The van der Waals surface area contributed by atoms with Crippen molar-refractivity contribution in [3.05, 3.63) is 95.1 Å². The molecule has 4 aromatic rings. The van der Waals surface area contributed by atoms with Crippen molar-refractivity contribution in [1.82, 2.24) is 14.7 Å². The van der Waals surface area contributed by atoms with Crippen molar-refractivity contribution in [2.45, 2.75) is 244 Å². The average molecular weight is 1350 g/mol. The normalized spacial score (nSPS) is 28.0. The van der Waals surface area contributed by atoms with Crippen LogP contribution in [-0.4, -0.2) is 159 Å². The van der Waals surface area contributed by atoms with E-state index < -0.39 is 26.6 Å². The molecule has 0 saturated carbocycles. The van der Waals surface area contributed by atoms with Gasteiger partial charge in [-0.2, -0.15) is 0 Å². The molecule has 0 amide bonds. The summed E-state index contributed by atoms with van der Waals surface area (Å²) in [6.45, 7) is 32.2. The monoisotopic (exact) mass is 1350 g/mol. The largest absolute Gasteiger partial charge is 0.486 e. The number of hydrogen-bond acceptors (Lipinski definition) is 17. The molecule has 6 fully saturated rings. The number of hydrogen-bond donors (Lipinski definition) is 5. The van der Waals surface area contributed by atoms with Gasteiger partial charge in [0.1, 0.15) is 52.9 Å². The van der Waals surface area contributed by atoms with Gasteiger partial charge in [0.25, 0.3) is 0 Å². The summed E-state index contributed by atoms with van der Waals surface area (Å²) >= 11 is 0. The van der Waals surface area contributed by atoms with Crippen molar-refractivity contribution in [2.75, 3.05) is 72.5 Å². The predicted octanol–water partition coefficient (Wildman–Crippen LogP) is 13.8. The lowest BCUT2D eigenvalue weighted by atomic mass is 9.90. The van der Waals surface area contributed by atoms with Gasteiger partial charge >= 0.3 is 0 Å². The molecule has 14 rings (SSSR count). The molecular weight excluding hydrogens is 1230 g/mol. The van der Waals surface area contributed by atoms with Crippen LogP contribution in [0.25, 0.3) is 0 Å². The van der Waals surface area contributed by atoms with Crippen LogP contribution in [0.1, 0.15) is 200 Å². The van der Waals surface area contributed by atoms with E-state index in [1.807, 2.05) is 67.6 Å². The van der Waals surface area contributed by atoms with E-state index in [-0.39, 0.29) is 42.5 Å². The molecule has 0 aliphatic carbocycles. The van der Waals surface area contributed by atoms with Crippen molar-refractivity contribution in [3.8, 4) is 46.0 Å². The minimum absolute atomic E-state index is 0. The number of ether oxygens (including phenoxy) is 8. The van der Waals surface area contributed by atoms with Gasteiger partial charge in [-0.15, -0.1) is 0 Å². The fraction of sp³-hybridized carbons (Fsp3) is 0.692. The van der Waals surface area contributed by atoms with Crippen molar-refractivity contribution >= 4 is 8.32 Å². The van der Waals surface area contributed by atoms with Crippen molar-refractivity contribution in [1.29, 1.82) is 0 Å². The average Bonchev–Trinajstić information content (AvgIpc) is 1.83. The van der Waals surface area contributed by atoms with E-state index in [1.165, 1.54) is 77.0 Å². The minimum atomic E-state index is -2.01. The first-order valence-electron chi connectivity index (χ1n) is 36.6. The summed E-state index contributed by atoms with van der Waals surface area (Å²) in [4.78, 5) is 7.92. The molecular formula is C78H121N5O12Si. The second kappa shape index (κ2) is 32.6. The molecule has 6 bridgehead atoms. The molecule has 10 aliphatic rings. The Hall–Kier alpha value is -4.86. The van der Waals surface area contributed by atoms with Gasteiger partial charge in [-0.1, -0.05) is 100 Å². The first-order chi connectivity index (χ1) is 45.5.